The lowest BCUT2D eigenvalue weighted by Gasteiger charge is -2.39. The summed E-state index contributed by atoms with van der Waals surface area (Å²) in [7, 11) is 1.58. The van der Waals surface area contributed by atoms with Crippen molar-refractivity contribution in [1.29, 1.82) is 0 Å². The first-order chi connectivity index (χ1) is 21.3. The maximum atomic E-state index is 14.0. The van der Waals surface area contributed by atoms with E-state index in [4.69, 9.17) is 4.84 Å². The number of unbranched alkanes of at least 4 members (excludes halogenated alkanes) is 5. The van der Waals surface area contributed by atoms with Crippen molar-refractivity contribution in [2.24, 2.45) is 5.92 Å². The minimum Gasteiger partial charge on any atom is -0.417 e. The van der Waals surface area contributed by atoms with Gasteiger partial charge in [-0.3, -0.25) is 19.2 Å². The molecule has 3 N–H and O–H groups in total. The van der Waals surface area contributed by atoms with Crippen LogP contribution in [0.1, 0.15) is 97.0 Å². The fraction of sp³-hybridized carbons (Fsp3) is 0.647. The average molecular weight is 610 g/mol. The normalized spacial score (nSPS) is 24.0. The predicted molar refractivity (Wildman–Crippen MR) is 171 cm³/mol. The molecule has 44 heavy (non-hydrogen) atoms. The fourth-order valence-corrected chi connectivity index (χ4v) is 6.48. The van der Waals surface area contributed by atoms with E-state index in [0.29, 0.717) is 25.8 Å². The SMILES string of the molecule is CCCCCCCC[C@@H]1NC(=O)[C@H]2CCCCN2C(=O)[C@H]([C@@H](C)CC)NC(=O)[C@H](Cc2cn(OC)c3ccccc23)NC1=O. The highest BCUT2D eigenvalue weighted by Gasteiger charge is 2.40. The van der Waals surface area contributed by atoms with Crippen molar-refractivity contribution in [3.63, 3.8) is 0 Å². The number of benzene rings is 1. The molecule has 0 saturated carbocycles. The number of para-hydroxylation sites is 1. The summed E-state index contributed by atoms with van der Waals surface area (Å²) in [6.07, 6.45) is 11.6. The molecule has 3 heterocycles. The number of nitrogens with zero attached hydrogens (tertiary/aromatic N) is 2. The first kappa shape index (κ1) is 33.3. The monoisotopic (exact) mass is 609 g/mol. The van der Waals surface area contributed by atoms with Crippen molar-refractivity contribution >= 4 is 34.5 Å². The summed E-state index contributed by atoms with van der Waals surface area (Å²) in [6, 6.07) is 4.50. The van der Waals surface area contributed by atoms with Crippen LogP contribution in [0.5, 0.6) is 0 Å². The molecule has 0 unspecified atom stereocenters. The molecule has 0 spiro atoms. The number of rotatable bonds is 12. The van der Waals surface area contributed by atoms with Crippen molar-refractivity contribution in [3.05, 3.63) is 36.0 Å². The molecule has 10 heteroatoms. The van der Waals surface area contributed by atoms with Gasteiger partial charge in [0.15, 0.2) is 0 Å². The number of fused-ring (bicyclic) bond motifs is 2. The molecule has 2 aliphatic rings. The third kappa shape index (κ3) is 7.93. The second-order valence-corrected chi connectivity index (χ2v) is 12.5. The molecule has 2 aromatic rings. The largest absolute Gasteiger partial charge is 0.417 e. The van der Waals surface area contributed by atoms with E-state index in [0.717, 1.165) is 61.4 Å². The topological polar surface area (TPSA) is 122 Å². The van der Waals surface area contributed by atoms with Crippen LogP contribution in [0.3, 0.4) is 0 Å². The van der Waals surface area contributed by atoms with Gasteiger partial charge in [0.2, 0.25) is 23.6 Å². The van der Waals surface area contributed by atoms with Gasteiger partial charge < -0.3 is 25.7 Å². The Morgan fingerprint density at radius 3 is 2.34 bits per heavy atom. The Balaban J connectivity index is 1.67. The summed E-state index contributed by atoms with van der Waals surface area (Å²) in [5, 5.41) is 9.91. The molecule has 0 bridgehead atoms. The summed E-state index contributed by atoms with van der Waals surface area (Å²) >= 11 is 0. The molecule has 2 saturated heterocycles. The van der Waals surface area contributed by atoms with E-state index in [2.05, 4.69) is 22.9 Å². The summed E-state index contributed by atoms with van der Waals surface area (Å²) in [5.41, 5.74) is 1.68. The van der Waals surface area contributed by atoms with E-state index in [1.807, 2.05) is 44.3 Å². The summed E-state index contributed by atoms with van der Waals surface area (Å²) in [6.45, 7) is 6.54. The Hall–Kier alpha value is -3.56. The zero-order valence-electron chi connectivity index (χ0n) is 26.9. The molecule has 10 nitrogen and oxygen atoms in total. The van der Waals surface area contributed by atoms with Crippen LogP contribution < -0.4 is 20.8 Å². The van der Waals surface area contributed by atoms with Gasteiger partial charge in [0, 0.05) is 24.5 Å². The van der Waals surface area contributed by atoms with Gasteiger partial charge in [0.05, 0.1) is 5.52 Å². The maximum Gasteiger partial charge on any atom is 0.246 e. The van der Waals surface area contributed by atoms with Crippen molar-refractivity contribution in [2.75, 3.05) is 13.7 Å². The van der Waals surface area contributed by atoms with Gasteiger partial charge in [-0.25, -0.2) is 0 Å². The van der Waals surface area contributed by atoms with Gasteiger partial charge in [0.25, 0.3) is 0 Å². The lowest BCUT2D eigenvalue weighted by molar-refractivity contribution is -0.147. The van der Waals surface area contributed by atoms with Gasteiger partial charge in [-0.15, -0.1) is 0 Å². The molecular formula is C34H51N5O5. The van der Waals surface area contributed by atoms with Crippen LogP contribution in [-0.2, 0) is 25.6 Å². The van der Waals surface area contributed by atoms with Gasteiger partial charge >= 0.3 is 0 Å². The number of carbonyl (C=O) groups is 4. The minimum absolute atomic E-state index is 0.160. The standard InChI is InChI=1S/C34H51N5O5/c1-5-7-8-9-10-11-17-26-31(40)36-27(21-24-22-39(44-4)28-18-13-12-16-25(24)28)32(41)37-30(23(3)6-2)34(43)38-20-15-14-19-29(38)33(42)35-26/h12-13,16,18,22-23,26-27,29-30H,5-11,14-15,17,19-21H2,1-4H3,(H,35,42)(H,36,40)(H,37,41)/t23-,26-,27-,29+,30-/m0/s1. The van der Waals surface area contributed by atoms with E-state index >= 15 is 0 Å². The first-order valence-electron chi connectivity index (χ1n) is 16.6. The van der Waals surface area contributed by atoms with E-state index in [1.54, 1.807) is 16.7 Å². The molecule has 242 valence electrons. The minimum atomic E-state index is -0.960. The van der Waals surface area contributed by atoms with E-state index in [-0.39, 0.29) is 30.1 Å². The highest BCUT2D eigenvalue weighted by molar-refractivity contribution is 5.98. The van der Waals surface area contributed by atoms with E-state index < -0.39 is 30.1 Å². The third-order valence-electron chi connectivity index (χ3n) is 9.36. The van der Waals surface area contributed by atoms with Crippen molar-refractivity contribution in [3.8, 4) is 0 Å². The van der Waals surface area contributed by atoms with Crippen molar-refractivity contribution in [2.45, 2.75) is 122 Å². The van der Waals surface area contributed by atoms with Crippen LogP contribution in [0.2, 0.25) is 0 Å². The molecule has 4 amide bonds. The molecule has 2 fully saturated rings. The van der Waals surface area contributed by atoms with Crippen LogP contribution in [0.25, 0.3) is 10.9 Å². The molecule has 0 aliphatic carbocycles. The third-order valence-corrected chi connectivity index (χ3v) is 9.36. The molecule has 1 aromatic heterocycles. The Kier molecular flexibility index (Phi) is 12.1. The highest BCUT2D eigenvalue weighted by Crippen LogP contribution is 2.24. The van der Waals surface area contributed by atoms with Crippen LogP contribution in [-0.4, -0.2) is 71.1 Å². The van der Waals surface area contributed by atoms with Gasteiger partial charge in [0.1, 0.15) is 31.3 Å². The maximum absolute atomic E-state index is 14.0. The summed E-state index contributed by atoms with van der Waals surface area (Å²) in [5.74, 6) is -1.48. The molecule has 0 radical (unpaired) electrons. The Bertz CT molecular complexity index is 1290. The molecule has 4 rings (SSSR count). The Labute approximate surface area is 261 Å². The fourth-order valence-electron chi connectivity index (χ4n) is 6.48. The Morgan fingerprint density at radius 1 is 0.886 bits per heavy atom. The average Bonchev–Trinajstić information content (AvgIpc) is 3.40. The lowest BCUT2D eigenvalue weighted by Crippen LogP contribution is -2.64. The van der Waals surface area contributed by atoms with Crippen LogP contribution in [0.15, 0.2) is 30.5 Å². The lowest BCUT2D eigenvalue weighted by atomic mass is 9.93. The van der Waals surface area contributed by atoms with E-state index in [1.165, 1.54) is 6.42 Å². The van der Waals surface area contributed by atoms with Gasteiger partial charge in [-0.2, -0.15) is 4.73 Å². The molecule has 1 aromatic carbocycles. The molecule has 5 atom stereocenters. The van der Waals surface area contributed by atoms with Gasteiger partial charge in [-0.1, -0.05) is 83.9 Å². The van der Waals surface area contributed by atoms with Crippen LogP contribution in [0.4, 0.5) is 0 Å². The van der Waals surface area contributed by atoms with Crippen LogP contribution in [0, 0.1) is 5.92 Å². The molecule has 2 aliphatic heterocycles. The number of aromatic nitrogens is 1. The number of carbonyl (C=O) groups excluding carboxylic acids is 4. The zero-order chi connectivity index (χ0) is 31.6. The van der Waals surface area contributed by atoms with Crippen molar-refractivity contribution in [1.82, 2.24) is 25.6 Å². The predicted octanol–water partition coefficient (Wildman–Crippen LogP) is 3.89. The molecular weight excluding hydrogens is 558 g/mol. The number of nitrogens with one attached hydrogen (secondary N) is 3. The van der Waals surface area contributed by atoms with E-state index in [9.17, 15) is 19.2 Å². The smallest absolute Gasteiger partial charge is 0.246 e. The van der Waals surface area contributed by atoms with Crippen molar-refractivity contribution < 1.29 is 24.0 Å². The number of piperidine rings is 1. The second-order valence-electron chi connectivity index (χ2n) is 12.5. The summed E-state index contributed by atoms with van der Waals surface area (Å²) in [4.78, 5) is 62.8. The Morgan fingerprint density at radius 2 is 1.59 bits per heavy atom. The van der Waals surface area contributed by atoms with Gasteiger partial charge in [-0.05, 0) is 43.2 Å². The second kappa shape index (κ2) is 16.0. The van der Waals surface area contributed by atoms with Crippen LogP contribution >= 0.6 is 0 Å². The number of hydrogen-bond acceptors (Lipinski definition) is 5. The highest BCUT2D eigenvalue weighted by atomic mass is 16.6. The number of amides is 4. The quantitative estimate of drug-likeness (QED) is 0.315. The summed E-state index contributed by atoms with van der Waals surface area (Å²) < 4.78 is 1.64. The zero-order valence-corrected chi connectivity index (χ0v) is 26.9. The number of hydrogen-bond donors (Lipinski definition) is 3. The first-order valence-corrected chi connectivity index (χ1v) is 16.6.